The summed E-state index contributed by atoms with van der Waals surface area (Å²) < 4.78 is 5.73. The van der Waals surface area contributed by atoms with Crippen molar-refractivity contribution in [3.05, 3.63) is 36.2 Å². The van der Waals surface area contributed by atoms with Gasteiger partial charge < -0.3 is 10.1 Å². The predicted octanol–water partition coefficient (Wildman–Crippen LogP) is 1.71. The lowest BCUT2D eigenvalue weighted by Gasteiger charge is -2.38. The summed E-state index contributed by atoms with van der Waals surface area (Å²) >= 11 is 0. The van der Waals surface area contributed by atoms with E-state index in [1.165, 1.54) is 0 Å². The van der Waals surface area contributed by atoms with E-state index >= 15 is 0 Å². The molecule has 2 heterocycles. The maximum Gasteiger partial charge on any atom is 0.244 e. The van der Waals surface area contributed by atoms with E-state index in [0.29, 0.717) is 12.6 Å². The third-order valence-electron chi connectivity index (χ3n) is 3.75. The van der Waals surface area contributed by atoms with Crippen LogP contribution in [0.3, 0.4) is 0 Å². The van der Waals surface area contributed by atoms with Crippen LogP contribution in [0.2, 0.25) is 0 Å². The first-order chi connectivity index (χ1) is 10.5. The summed E-state index contributed by atoms with van der Waals surface area (Å²) in [4.78, 5) is 18.2. The number of carbonyl (C=O) groups is 1. The Morgan fingerprint density at radius 3 is 2.86 bits per heavy atom. The van der Waals surface area contributed by atoms with E-state index in [1.54, 1.807) is 24.5 Å². The van der Waals surface area contributed by atoms with E-state index in [0.717, 1.165) is 18.7 Å². The van der Waals surface area contributed by atoms with Gasteiger partial charge >= 0.3 is 0 Å². The largest absolute Gasteiger partial charge is 0.373 e. The molecule has 2 rings (SSSR count). The molecule has 0 aromatic carbocycles. The van der Waals surface area contributed by atoms with Gasteiger partial charge in [0, 0.05) is 44.1 Å². The van der Waals surface area contributed by atoms with Crippen molar-refractivity contribution in [3.8, 4) is 0 Å². The molecule has 1 amide bonds. The van der Waals surface area contributed by atoms with Crippen molar-refractivity contribution in [1.29, 1.82) is 0 Å². The van der Waals surface area contributed by atoms with Crippen LogP contribution in [0.4, 0.5) is 0 Å². The summed E-state index contributed by atoms with van der Waals surface area (Å²) in [5, 5.41) is 2.95. The standard InChI is InChI=1S/C17H25N3O2/c1-13(20-11-14(2)22-15(3)12-20)9-19-17(21)7-6-16-5-4-8-18-10-16/h4-8,10,13-15H,9,11-12H2,1-3H3,(H,19,21). The van der Waals surface area contributed by atoms with Crippen LogP contribution in [-0.2, 0) is 9.53 Å². The highest BCUT2D eigenvalue weighted by atomic mass is 16.5. The molecule has 1 aromatic rings. The molecule has 3 unspecified atom stereocenters. The Morgan fingerprint density at radius 1 is 1.50 bits per heavy atom. The topological polar surface area (TPSA) is 54.5 Å². The summed E-state index contributed by atoms with van der Waals surface area (Å²) in [5.74, 6) is -0.0786. The van der Waals surface area contributed by atoms with E-state index in [2.05, 4.69) is 36.0 Å². The maximum atomic E-state index is 11.9. The lowest BCUT2D eigenvalue weighted by Crippen LogP contribution is -2.52. The van der Waals surface area contributed by atoms with Crippen molar-refractivity contribution >= 4 is 12.0 Å². The molecule has 0 bridgehead atoms. The molecule has 1 aliphatic heterocycles. The van der Waals surface area contributed by atoms with Crippen molar-refractivity contribution in [3.63, 3.8) is 0 Å². The lowest BCUT2D eigenvalue weighted by atomic mass is 10.1. The average Bonchev–Trinajstić information content (AvgIpc) is 2.50. The second kappa shape index (κ2) is 8.06. The minimum Gasteiger partial charge on any atom is -0.373 e. The first-order valence-corrected chi connectivity index (χ1v) is 7.80. The Labute approximate surface area is 132 Å². The number of hydrogen-bond acceptors (Lipinski definition) is 4. The van der Waals surface area contributed by atoms with Crippen LogP contribution in [-0.4, -0.2) is 53.7 Å². The first kappa shape index (κ1) is 16.6. The van der Waals surface area contributed by atoms with Gasteiger partial charge in [-0.25, -0.2) is 0 Å². The van der Waals surface area contributed by atoms with Gasteiger partial charge in [0.25, 0.3) is 0 Å². The number of nitrogens with one attached hydrogen (secondary N) is 1. The zero-order valence-corrected chi connectivity index (χ0v) is 13.5. The fourth-order valence-corrected chi connectivity index (χ4v) is 2.66. The third kappa shape index (κ3) is 5.24. The Morgan fingerprint density at radius 2 is 2.23 bits per heavy atom. The van der Waals surface area contributed by atoms with Crippen LogP contribution in [0.25, 0.3) is 6.08 Å². The molecule has 0 saturated carbocycles. The number of morpholine rings is 1. The minimum absolute atomic E-state index is 0.0786. The van der Waals surface area contributed by atoms with Crippen molar-refractivity contribution < 1.29 is 9.53 Å². The smallest absolute Gasteiger partial charge is 0.244 e. The Kier molecular flexibility index (Phi) is 6.10. The summed E-state index contributed by atoms with van der Waals surface area (Å²) in [7, 11) is 0. The number of rotatable bonds is 5. The SMILES string of the molecule is CC1CN(C(C)CNC(=O)C=Cc2cccnc2)CC(C)O1. The van der Waals surface area contributed by atoms with Gasteiger partial charge in [-0.2, -0.15) is 0 Å². The summed E-state index contributed by atoms with van der Waals surface area (Å²) in [5.41, 5.74) is 0.918. The highest BCUT2D eigenvalue weighted by Gasteiger charge is 2.25. The number of ether oxygens (including phenoxy) is 1. The van der Waals surface area contributed by atoms with E-state index in [9.17, 15) is 4.79 Å². The highest BCUT2D eigenvalue weighted by molar-refractivity contribution is 5.91. The number of hydrogen-bond donors (Lipinski definition) is 1. The van der Waals surface area contributed by atoms with Gasteiger partial charge in [0.1, 0.15) is 0 Å². The van der Waals surface area contributed by atoms with Crippen LogP contribution in [0.5, 0.6) is 0 Å². The zero-order chi connectivity index (χ0) is 15.9. The number of nitrogens with zero attached hydrogens (tertiary/aromatic N) is 2. The van der Waals surface area contributed by atoms with Gasteiger partial charge in [-0.1, -0.05) is 6.07 Å². The summed E-state index contributed by atoms with van der Waals surface area (Å²) in [6, 6.07) is 4.06. The molecule has 1 aliphatic rings. The number of amides is 1. The molecule has 5 heteroatoms. The fourth-order valence-electron chi connectivity index (χ4n) is 2.66. The molecule has 1 aromatic heterocycles. The van der Waals surface area contributed by atoms with Gasteiger partial charge in [0.15, 0.2) is 0 Å². The molecule has 1 fully saturated rings. The Balaban J connectivity index is 1.77. The van der Waals surface area contributed by atoms with Crippen LogP contribution in [0.1, 0.15) is 26.3 Å². The molecule has 0 radical (unpaired) electrons. The van der Waals surface area contributed by atoms with Gasteiger partial charge in [-0.3, -0.25) is 14.7 Å². The second-order valence-corrected chi connectivity index (χ2v) is 5.93. The van der Waals surface area contributed by atoms with E-state index in [1.807, 2.05) is 12.1 Å². The fraction of sp³-hybridized carbons (Fsp3) is 0.529. The molecule has 5 nitrogen and oxygen atoms in total. The van der Waals surface area contributed by atoms with Gasteiger partial charge in [-0.15, -0.1) is 0 Å². The zero-order valence-electron chi connectivity index (χ0n) is 13.5. The van der Waals surface area contributed by atoms with Crippen LogP contribution in [0.15, 0.2) is 30.6 Å². The normalized spacial score (nSPS) is 24.3. The average molecular weight is 303 g/mol. The minimum atomic E-state index is -0.0786. The monoisotopic (exact) mass is 303 g/mol. The van der Waals surface area contributed by atoms with Crippen molar-refractivity contribution in [2.45, 2.75) is 39.0 Å². The van der Waals surface area contributed by atoms with Crippen molar-refractivity contribution in [2.75, 3.05) is 19.6 Å². The summed E-state index contributed by atoms with van der Waals surface area (Å²) in [6.07, 6.45) is 7.24. The molecule has 0 aliphatic carbocycles. The molecular weight excluding hydrogens is 278 g/mol. The Hall–Kier alpha value is -1.72. The molecule has 22 heavy (non-hydrogen) atoms. The number of carbonyl (C=O) groups excluding carboxylic acids is 1. The first-order valence-electron chi connectivity index (χ1n) is 7.80. The van der Waals surface area contributed by atoms with Crippen LogP contribution in [0, 0.1) is 0 Å². The van der Waals surface area contributed by atoms with Crippen molar-refractivity contribution in [2.24, 2.45) is 0 Å². The number of aromatic nitrogens is 1. The molecule has 1 N–H and O–H groups in total. The predicted molar refractivity (Wildman–Crippen MR) is 87.3 cm³/mol. The molecule has 1 saturated heterocycles. The van der Waals surface area contributed by atoms with Crippen LogP contribution < -0.4 is 5.32 Å². The molecule has 120 valence electrons. The quantitative estimate of drug-likeness (QED) is 0.841. The van der Waals surface area contributed by atoms with Gasteiger partial charge in [0.05, 0.1) is 12.2 Å². The molecular formula is C17H25N3O2. The lowest BCUT2D eigenvalue weighted by molar-refractivity contribution is -0.117. The summed E-state index contributed by atoms with van der Waals surface area (Å²) in [6.45, 7) is 8.76. The second-order valence-electron chi connectivity index (χ2n) is 5.93. The van der Waals surface area contributed by atoms with E-state index in [-0.39, 0.29) is 18.1 Å². The van der Waals surface area contributed by atoms with E-state index < -0.39 is 0 Å². The maximum absolute atomic E-state index is 11.9. The van der Waals surface area contributed by atoms with Gasteiger partial charge in [0.2, 0.25) is 5.91 Å². The van der Waals surface area contributed by atoms with Crippen LogP contribution >= 0.6 is 0 Å². The number of pyridine rings is 1. The van der Waals surface area contributed by atoms with Gasteiger partial charge in [-0.05, 0) is 38.5 Å². The van der Waals surface area contributed by atoms with E-state index in [4.69, 9.17) is 4.74 Å². The Bertz CT molecular complexity index is 494. The highest BCUT2D eigenvalue weighted by Crippen LogP contribution is 2.13. The molecule has 0 spiro atoms. The molecule has 3 atom stereocenters. The van der Waals surface area contributed by atoms with Crippen molar-refractivity contribution in [1.82, 2.24) is 15.2 Å². The third-order valence-corrected chi connectivity index (χ3v) is 3.75.